The molecule has 338 valence electrons. The largest absolute Gasteiger partial charge is 0.477 e. The first-order valence-electron chi connectivity index (χ1n) is 23.0. The Balaban J connectivity index is 4.34. The summed E-state index contributed by atoms with van der Waals surface area (Å²) in [5.41, 5.74) is 0. The molecule has 0 aliphatic rings. The van der Waals surface area contributed by atoms with Gasteiger partial charge in [0.05, 0.1) is 34.4 Å². The Morgan fingerprint density at radius 3 is 1.53 bits per heavy atom. The third-order valence-corrected chi connectivity index (χ3v) is 9.55. The number of nitrogens with zero attached hydrogens (tertiary/aromatic N) is 1. The lowest BCUT2D eigenvalue weighted by atomic mass is 10.1. The molecule has 0 amide bonds. The number of rotatable bonds is 39. The van der Waals surface area contributed by atoms with Crippen LogP contribution in [-0.4, -0.2) is 80.6 Å². The van der Waals surface area contributed by atoms with Crippen LogP contribution in [0, 0.1) is 0 Å². The molecule has 0 bridgehead atoms. The summed E-state index contributed by atoms with van der Waals surface area (Å²) in [6.45, 7) is 4.37. The summed E-state index contributed by atoms with van der Waals surface area (Å²) in [5.74, 6) is -1.59. The zero-order valence-corrected chi connectivity index (χ0v) is 38.4. The second-order valence-corrected chi connectivity index (χ2v) is 16.0. The number of hydrogen-bond donors (Lipinski definition) is 1. The molecule has 2 unspecified atom stereocenters. The molecule has 1 N–H and O–H groups in total. The number of likely N-dealkylation sites (N-methyl/N-ethyl adjacent to an activating group) is 1. The van der Waals surface area contributed by atoms with Gasteiger partial charge in [-0.2, -0.15) is 0 Å². The minimum absolute atomic E-state index is 0.0239. The van der Waals surface area contributed by atoms with E-state index in [4.69, 9.17) is 14.2 Å². The average Bonchev–Trinajstić information content (AvgIpc) is 3.21. The first-order chi connectivity index (χ1) is 29.1. The summed E-state index contributed by atoms with van der Waals surface area (Å²) in [6, 6.07) is -0.634. The third kappa shape index (κ3) is 39.5. The Morgan fingerprint density at radius 2 is 0.983 bits per heavy atom. The van der Waals surface area contributed by atoms with Gasteiger partial charge in [-0.05, 0) is 64.2 Å². The van der Waals surface area contributed by atoms with E-state index in [-0.39, 0.29) is 42.7 Å². The Hall–Kier alpha value is -4.01. The molecule has 0 rings (SSSR count). The van der Waals surface area contributed by atoms with Gasteiger partial charge in [-0.3, -0.25) is 9.59 Å². The highest BCUT2D eigenvalue weighted by Crippen LogP contribution is 2.14. The molecule has 60 heavy (non-hydrogen) atoms. The monoisotopic (exact) mass is 835 g/mol. The van der Waals surface area contributed by atoms with Gasteiger partial charge in [-0.1, -0.05) is 175 Å². The van der Waals surface area contributed by atoms with Crippen LogP contribution in [0.15, 0.2) is 109 Å². The fraction of sp³-hybridized carbons (Fsp3) is 0.596. The number of carbonyl (C=O) groups is 3. The molecule has 0 aromatic rings. The van der Waals surface area contributed by atoms with Crippen molar-refractivity contribution in [3.05, 3.63) is 109 Å². The summed E-state index contributed by atoms with van der Waals surface area (Å²) < 4.78 is 17.2. The van der Waals surface area contributed by atoms with E-state index in [2.05, 4.69) is 68.5 Å². The minimum Gasteiger partial charge on any atom is -0.477 e. The van der Waals surface area contributed by atoms with Crippen LogP contribution in [0.2, 0.25) is 0 Å². The molecule has 0 aliphatic carbocycles. The first-order valence-corrected chi connectivity index (χ1v) is 23.0. The van der Waals surface area contributed by atoms with E-state index >= 15 is 0 Å². The molecular formula is C52H84NO7+. The Kier molecular flexibility index (Phi) is 38.9. The highest BCUT2D eigenvalue weighted by molar-refractivity contribution is 5.72. The molecule has 0 aliphatic heterocycles. The number of hydrogen-bond acceptors (Lipinski definition) is 6. The maximum atomic E-state index is 12.7. The van der Waals surface area contributed by atoms with E-state index in [0.717, 1.165) is 64.2 Å². The maximum Gasteiger partial charge on any atom is 0.362 e. The van der Waals surface area contributed by atoms with Crippen molar-refractivity contribution >= 4 is 17.9 Å². The van der Waals surface area contributed by atoms with E-state index in [9.17, 15) is 19.5 Å². The van der Waals surface area contributed by atoms with Crippen LogP contribution in [-0.2, 0) is 28.6 Å². The molecule has 0 aromatic carbocycles. The van der Waals surface area contributed by atoms with Gasteiger partial charge >= 0.3 is 17.9 Å². The van der Waals surface area contributed by atoms with Crippen molar-refractivity contribution in [2.75, 3.05) is 41.0 Å². The number of carbonyl (C=O) groups excluding carboxylic acids is 2. The fourth-order valence-electron chi connectivity index (χ4n) is 6.05. The van der Waals surface area contributed by atoms with Gasteiger partial charge in [0.2, 0.25) is 0 Å². The minimum atomic E-state index is -0.892. The topological polar surface area (TPSA) is 99.1 Å². The van der Waals surface area contributed by atoms with Crippen LogP contribution in [0.5, 0.6) is 0 Å². The Labute approximate surface area is 366 Å². The molecule has 0 spiro atoms. The second-order valence-electron chi connectivity index (χ2n) is 16.0. The molecule has 2 atom stereocenters. The summed E-state index contributed by atoms with van der Waals surface area (Å²) in [7, 11) is 5.49. The van der Waals surface area contributed by atoms with Gasteiger partial charge in [0.25, 0.3) is 0 Å². The molecule has 0 saturated heterocycles. The Bertz CT molecular complexity index is 1340. The van der Waals surface area contributed by atoms with Gasteiger partial charge < -0.3 is 23.8 Å². The third-order valence-electron chi connectivity index (χ3n) is 9.55. The number of aliphatic carboxylic acids is 1. The van der Waals surface area contributed by atoms with Gasteiger partial charge in [0, 0.05) is 19.3 Å². The number of ether oxygens (including phenoxy) is 3. The molecular weight excluding hydrogens is 751 g/mol. The second kappa shape index (κ2) is 41.7. The van der Waals surface area contributed by atoms with Crippen molar-refractivity contribution in [2.24, 2.45) is 0 Å². The molecule has 0 saturated carbocycles. The number of allylic oxidation sites excluding steroid dienone is 18. The first kappa shape index (κ1) is 56.0. The lowest BCUT2D eigenvalue weighted by Gasteiger charge is -2.31. The molecule has 0 fully saturated rings. The van der Waals surface area contributed by atoms with E-state index in [0.29, 0.717) is 19.3 Å². The normalized spacial score (nSPS) is 13.9. The number of quaternary nitrogens is 1. The van der Waals surface area contributed by atoms with Crippen molar-refractivity contribution < 1.29 is 38.2 Å². The fourth-order valence-corrected chi connectivity index (χ4v) is 6.05. The number of esters is 2. The van der Waals surface area contributed by atoms with Crippen molar-refractivity contribution in [3.63, 3.8) is 0 Å². The van der Waals surface area contributed by atoms with E-state index in [1.54, 1.807) is 0 Å². The van der Waals surface area contributed by atoms with Crippen LogP contribution in [0.4, 0.5) is 0 Å². The van der Waals surface area contributed by atoms with Gasteiger partial charge in [0.1, 0.15) is 6.61 Å². The van der Waals surface area contributed by atoms with Gasteiger partial charge in [-0.15, -0.1) is 0 Å². The molecule has 8 heteroatoms. The molecule has 0 heterocycles. The summed E-state index contributed by atoms with van der Waals surface area (Å²) in [4.78, 5) is 37.0. The van der Waals surface area contributed by atoms with Crippen LogP contribution < -0.4 is 0 Å². The van der Waals surface area contributed by atoms with Crippen LogP contribution in [0.25, 0.3) is 0 Å². The van der Waals surface area contributed by atoms with Crippen molar-refractivity contribution in [2.45, 2.75) is 161 Å². The summed E-state index contributed by atoms with van der Waals surface area (Å²) >= 11 is 0. The predicted octanol–water partition coefficient (Wildman–Crippen LogP) is 12.9. The quantitative estimate of drug-likeness (QED) is 0.0216. The SMILES string of the molecule is CC/C=C/C=C/C=C/C=C/C=C/CCCC(=O)OC(COCCC(C(=O)O)[N+](C)(C)C)COC(=O)CCCCCCCCCCCC/C=C/C/C=C/C/C=C/C/C=C/CC. The Morgan fingerprint density at radius 1 is 0.517 bits per heavy atom. The maximum absolute atomic E-state index is 12.7. The number of carboxylic acids is 1. The standard InChI is InChI=1S/C52H83NO7/c1-6-8-10-12-14-16-18-20-21-22-23-24-25-26-27-28-29-31-32-34-36-38-40-42-50(54)59-47-48(46-58-45-44-49(52(56)57)53(3,4)5)60-51(55)43-41-39-37-35-33-30-19-17-15-13-11-9-7-2/h8-11,13-17,19-21,23-24,30,33,35,37,48-49H,6-7,12,18,22,25-29,31-32,34,36,38-47H2,1-5H3/p+1/b10-8+,11-9+,15-13+,16-14+,19-17+,21-20+,24-23+,33-30+,37-35+. The van der Waals surface area contributed by atoms with Crippen molar-refractivity contribution in [1.82, 2.24) is 0 Å². The van der Waals surface area contributed by atoms with Crippen LogP contribution in [0.3, 0.4) is 0 Å². The summed E-state index contributed by atoms with van der Waals surface area (Å²) in [6.07, 6.45) is 57.2. The van der Waals surface area contributed by atoms with Crippen molar-refractivity contribution in [3.8, 4) is 0 Å². The number of unbranched alkanes of at least 4 members (excludes halogenated alkanes) is 11. The highest BCUT2D eigenvalue weighted by Gasteiger charge is 2.31. The van der Waals surface area contributed by atoms with Crippen LogP contribution >= 0.6 is 0 Å². The molecule has 0 aromatic heterocycles. The van der Waals surface area contributed by atoms with E-state index in [1.165, 1.54) is 44.9 Å². The lowest BCUT2D eigenvalue weighted by molar-refractivity contribution is -0.887. The summed E-state index contributed by atoms with van der Waals surface area (Å²) in [5, 5.41) is 9.62. The average molecular weight is 835 g/mol. The highest BCUT2D eigenvalue weighted by atomic mass is 16.6. The van der Waals surface area contributed by atoms with Gasteiger partial charge in [-0.25, -0.2) is 4.79 Å². The molecule has 8 nitrogen and oxygen atoms in total. The smallest absolute Gasteiger partial charge is 0.362 e. The lowest BCUT2D eigenvalue weighted by Crippen LogP contribution is -2.50. The zero-order valence-electron chi connectivity index (χ0n) is 38.4. The predicted molar refractivity (Wildman–Crippen MR) is 252 cm³/mol. The van der Waals surface area contributed by atoms with E-state index < -0.39 is 18.1 Å². The van der Waals surface area contributed by atoms with E-state index in [1.807, 2.05) is 75.8 Å². The van der Waals surface area contributed by atoms with Crippen molar-refractivity contribution in [1.29, 1.82) is 0 Å². The number of carboxylic acid groups (broad SMARTS) is 1. The van der Waals surface area contributed by atoms with Crippen LogP contribution in [0.1, 0.15) is 149 Å². The zero-order chi connectivity index (χ0) is 44.2. The molecule has 0 radical (unpaired) electrons. The van der Waals surface area contributed by atoms with Gasteiger partial charge in [0.15, 0.2) is 12.1 Å².